The van der Waals surface area contributed by atoms with Gasteiger partial charge in [0.1, 0.15) is 5.82 Å². The van der Waals surface area contributed by atoms with Gasteiger partial charge in [0, 0.05) is 22.0 Å². The molecule has 0 fully saturated rings. The Morgan fingerprint density at radius 1 is 1.00 bits per heavy atom. The van der Waals surface area contributed by atoms with Crippen LogP contribution in [0.1, 0.15) is 5.69 Å². The number of fused-ring (bicyclic) bond motifs is 1. The smallest absolute Gasteiger partial charge is 0.123 e. The molecule has 2 N–H and O–H groups in total. The number of aromatic nitrogens is 1. The first-order valence-corrected chi connectivity index (χ1v) is 6.07. The third-order valence-electron chi connectivity index (χ3n) is 3.24. The summed E-state index contributed by atoms with van der Waals surface area (Å²) in [6.45, 7) is 1.91. The van der Waals surface area contributed by atoms with Crippen molar-refractivity contribution < 1.29 is 4.39 Å². The highest BCUT2D eigenvalue weighted by Crippen LogP contribution is 2.32. The summed E-state index contributed by atoms with van der Waals surface area (Å²) >= 11 is 0. The highest BCUT2D eigenvalue weighted by atomic mass is 19.1. The van der Waals surface area contributed by atoms with Crippen LogP contribution < -0.4 is 5.73 Å². The fourth-order valence-corrected chi connectivity index (χ4v) is 2.29. The predicted molar refractivity (Wildman–Crippen MR) is 76.3 cm³/mol. The number of rotatable bonds is 1. The van der Waals surface area contributed by atoms with Crippen LogP contribution >= 0.6 is 0 Å². The van der Waals surface area contributed by atoms with Gasteiger partial charge in [0.05, 0.1) is 11.4 Å². The average Bonchev–Trinajstić information content (AvgIpc) is 2.43. The molecular weight excluding hydrogens is 239 g/mol. The average molecular weight is 252 g/mol. The SMILES string of the molecule is Cc1nc(-c2ccccc2)c(N)c2cc(F)ccc12. The van der Waals surface area contributed by atoms with E-state index in [4.69, 9.17) is 5.73 Å². The lowest BCUT2D eigenvalue weighted by Gasteiger charge is -2.11. The van der Waals surface area contributed by atoms with E-state index in [-0.39, 0.29) is 5.82 Å². The van der Waals surface area contributed by atoms with Gasteiger partial charge in [0.15, 0.2) is 0 Å². The van der Waals surface area contributed by atoms with Gasteiger partial charge in [-0.1, -0.05) is 30.3 Å². The van der Waals surface area contributed by atoms with Gasteiger partial charge in [-0.3, -0.25) is 4.98 Å². The molecule has 0 aliphatic rings. The van der Waals surface area contributed by atoms with Gasteiger partial charge in [-0.2, -0.15) is 0 Å². The summed E-state index contributed by atoms with van der Waals surface area (Å²) in [5, 5.41) is 1.60. The molecule has 94 valence electrons. The van der Waals surface area contributed by atoms with Crippen molar-refractivity contribution in [2.75, 3.05) is 5.73 Å². The van der Waals surface area contributed by atoms with E-state index in [2.05, 4.69) is 4.98 Å². The van der Waals surface area contributed by atoms with E-state index in [1.54, 1.807) is 6.07 Å². The molecule has 0 unspecified atom stereocenters. The summed E-state index contributed by atoms with van der Waals surface area (Å²) in [5.74, 6) is -0.288. The van der Waals surface area contributed by atoms with Crippen LogP contribution in [0.2, 0.25) is 0 Å². The van der Waals surface area contributed by atoms with Crippen molar-refractivity contribution in [3.63, 3.8) is 0 Å². The first-order valence-electron chi connectivity index (χ1n) is 6.07. The first-order chi connectivity index (χ1) is 9.16. The minimum absolute atomic E-state index is 0.288. The van der Waals surface area contributed by atoms with Gasteiger partial charge in [-0.25, -0.2) is 4.39 Å². The molecule has 1 heterocycles. The molecule has 0 bridgehead atoms. The van der Waals surface area contributed by atoms with Crippen LogP contribution in [0.25, 0.3) is 22.0 Å². The lowest BCUT2D eigenvalue weighted by Crippen LogP contribution is -1.98. The molecule has 1 aromatic heterocycles. The molecule has 3 rings (SSSR count). The molecule has 3 aromatic rings. The molecular formula is C16H13FN2. The number of hydrogen-bond donors (Lipinski definition) is 1. The molecule has 2 nitrogen and oxygen atoms in total. The van der Waals surface area contributed by atoms with Crippen LogP contribution in [0.3, 0.4) is 0 Å². The number of nitrogens with two attached hydrogens (primary N) is 1. The van der Waals surface area contributed by atoms with Gasteiger partial charge in [0.2, 0.25) is 0 Å². The number of benzene rings is 2. The van der Waals surface area contributed by atoms with E-state index in [9.17, 15) is 4.39 Å². The Bertz CT molecular complexity index is 752. The Kier molecular flexibility index (Phi) is 2.67. The summed E-state index contributed by atoms with van der Waals surface area (Å²) in [4.78, 5) is 4.55. The van der Waals surface area contributed by atoms with Crippen LogP contribution in [-0.2, 0) is 0 Å². The summed E-state index contributed by atoms with van der Waals surface area (Å²) < 4.78 is 13.4. The molecule has 0 spiro atoms. The Morgan fingerprint density at radius 2 is 1.74 bits per heavy atom. The number of aryl methyl sites for hydroxylation is 1. The van der Waals surface area contributed by atoms with E-state index in [0.717, 1.165) is 16.6 Å². The number of nitrogens with zero attached hydrogens (tertiary/aromatic N) is 1. The van der Waals surface area contributed by atoms with Crippen molar-refractivity contribution in [2.24, 2.45) is 0 Å². The van der Waals surface area contributed by atoms with Crippen molar-refractivity contribution in [3.05, 3.63) is 60.0 Å². The van der Waals surface area contributed by atoms with Crippen molar-refractivity contribution in [3.8, 4) is 11.3 Å². The molecule has 0 atom stereocenters. The number of anilines is 1. The van der Waals surface area contributed by atoms with Crippen molar-refractivity contribution in [1.29, 1.82) is 0 Å². The highest BCUT2D eigenvalue weighted by molar-refractivity contribution is 6.00. The Labute approximate surface area is 110 Å². The van der Waals surface area contributed by atoms with E-state index >= 15 is 0 Å². The zero-order chi connectivity index (χ0) is 13.4. The Morgan fingerprint density at radius 3 is 2.47 bits per heavy atom. The van der Waals surface area contributed by atoms with Gasteiger partial charge in [-0.05, 0) is 25.1 Å². The fourth-order valence-electron chi connectivity index (χ4n) is 2.29. The molecule has 0 aliphatic carbocycles. The molecule has 0 saturated carbocycles. The maximum atomic E-state index is 13.4. The van der Waals surface area contributed by atoms with Crippen LogP contribution in [0, 0.1) is 12.7 Å². The van der Waals surface area contributed by atoms with Crippen LogP contribution in [0.5, 0.6) is 0 Å². The Balaban J connectivity index is 2.36. The minimum atomic E-state index is -0.288. The molecule has 0 aliphatic heterocycles. The second kappa shape index (κ2) is 4.35. The van der Waals surface area contributed by atoms with Crippen LogP contribution in [0.15, 0.2) is 48.5 Å². The van der Waals surface area contributed by atoms with Crippen molar-refractivity contribution >= 4 is 16.5 Å². The van der Waals surface area contributed by atoms with Gasteiger partial charge in [-0.15, -0.1) is 0 Å². The van der Waals surface area contributed by atoms with Crippen molar-refractivity contribution in [1.82, 2.24) is 4.98 Å². The molecule has 0 amide bonds. The second-order valence-electron chi connectivity index (χ2n) is 4.52. The van der Waals surface area contributed by atoms with E-state index < -0.39 is 0 Å². The number of hydrogen-bond acceptors (Lipinski definition) is 2. The number of pyridine rings is 1. The van der Waals surface area contributed by atoms with E-state index in [1.165, 1.54) is 12.1 Å². The zero-order valence-corrected chi connectivity index (χ0v) is 10.5. The fraction of sp³-hybridized carbons (Fsp3) is 0.0625. The van der Waals surface area contributed by atoms with E-state index in [0.29, 0.717) is 16.8 Å². The summed E-state index contributed by atoms with van der Waals surface area (Å²) in [6.07, 6.45) is 0. The second-order valence-corrected chi connectivity index (χ2v) is 4.52. The van der Waals surface area contributed by atoms with Crippen LogP contribution in [-0.4, -0.2) is 4.98 Å². The maximum absolute atomic E-state index is 13.4. The monoisotopic (exact) mass is 252 g/mol. The first kappa shape index (κ1) is 11.7. The predicted octanol–water partition coefficient (Wildman–Crippen LogP) is 3.93. The number of nitrogen functional groups attached to an aromatic ring is 1. The lowest BCUT2D eigenvalue weighted by atomic mass is 10.0. The van der Waals surface area contributed by atoms with Crippen molar-refractivity contribution in [2.45, 2.75) is 6.92 Å². The number of halogens is 1. The maximum Gasteiger partial charge on any atom is 0.123 e. The Hall–Kier alpha value is -2.42. The highest BCUT2D eigenvalue weighted by Gasteiger charge is 2.11. The third-order valence-corrected chi connectivity index (χ3v) is 3.24. The summed E-state index contributed by atoms with van der Waals surface area (Å²) in [5.41, 5.74) is 9.17. The molecule has 3 heteroatoms. The van der Waals surface area contributed by atoms with Gasteiger partial charge < -0.3 is 5.73 Å². The van der Waals surface area contributed by atoms with Gasteiger partial charge >= 0.3 is 0 Å². The lowest BCUT2D eigenvalue weighted by molar-refractivity contribution is 0.630. The zero-order valence-electron chi connectivity index (χ0n) is 10.5. The molecule has 0 saturated heterocycles. The topological polar surface area (TPSA) is 38.9 Å². The molecule has 19 heavy (non-hydrogen) atoms. The quantitative estimate of drug-likeness (QED) is 0.712. The largest absolute Gasteiger partial charge is 0.396 e. The van der Waals surface area contributed by atoms with Crippen LogP contribution in [0.4, 0.5) is 10.1 Å². The van der Waals surface area contributed by atoms with Gasteiger partial charge in [0.25, 0.3) is 0 Å². The minimum Gasteiger partial charge on any atom is -0.396 e. The molecule has 2 aromatic carbocycles. The van der Waals surface area contributed by atoms with E-state index in [1.807, 2.05) is 37.3 Å². The molecule has 0 radical (unpaired) electrons. The standard InChI is InChI=1S/C16H13FN2/c1-10-13-8-7-12(17)9-14(13)15(18)16(19-10)11-5-3-2-4-6-11/h2-9H,18H2,1H3. The normalized spacial score (nSPS) is 10.8. The summed E-state index contributed by atoms with van der Waals surface area (Å²) in [6, 6.07) is 14.3. The summed E-state index contributed by atoms with van der Waals surface area (Å²) in [7, 11) is 0. The third kappa shape index (κ3) is 1.93.